The van der Waals surface area contributed by atoms with Gasteiger partial charge in [-0.25, -0.2) is 9.55 Å². The zero-order valence-corrected chi connectivity index (χ0v) is 13.0. The lowest BCUT2D eigenvalue weighted by Crippen LogP contribution is -2.27. The highest BCUT2D eigenvalue weighted by Crippen LogP contribution is 2.30. The molecule has 3 N–H and O–H groups in total. The van der Waals surface area contributed by atoms with Gasteiger partial charge in [0.2, 0.25) is 11.9 Å². The van der Waals surface area contributed by atoms with Crippen LogP contribution in [0.2, 0.25) is 0 Å². The van der Waals surface area contributed by atoms with E-state index in [1.807, 2.05) is 0 Å². The smallest absolute Gasteiger partial charge is 0.302 e. The summed E-state index contributed by atoms with van der Waals surface area (Å²) in [6.07, 6.45) is 2.09. The van der Waals surface area contributed by atoms with Crippen LogP contribution in [0.3, 0.4) is 0 Å². The number of carbonyl (C=O) groups is 1. The van der Waals surface area contributed by atoms with Crippen LogP contribution in [0.5, 0.6) is 0 Å². The molecule has 1 aliphatic heterocycles. The predicted molar refractivity (Wildman–Crippen MR) is 81.9 cm³/mol. The van der Waals surface area contributed by atoms with Crippen molar-refractivity contribution in [3.63, 3.8) is 0 Å². The van der Waals surface area contributed by atoms with Crippen molar-refractivity contribution in [2.45, 2.75) is 39.0 Å². The van der Waals surface area contributed by atoms with E-state index in [1.54, 1.807) is 18.4 Å². The van der Waals surface area contributed by atoms with E-state index in [1.165, 1.54) is 10.9 Å². The van der Waals surface area contributed by atoms with E-state index in [2.05, 4.69) is 9.97 Å². The van der Waals surface area contributed by atoms with Gasteiger partial charge in [0.05, 0.1) is 19.0 Å². The molecular formula is C14H19N5O4. The van der Waals surface area contributed by atoms with Crippen LogP contribution >= 0.6 is 0 Å². The third-order valence-corrected chi connectivity index (χ3v) is 3.94. The summed E-state index contributed by atoms with van der Waals surface area (Å²) in [6, 6.07) is 0. The Kier molecular flexibility index (Phi) is 3.90. The second kappa shape index (κ2) is 5.74. The van der Waals surface area contributed by atoms with Gasteiger partial charge in [-0.1, -0.05) is 13.8 Å². The first-order chi connectivity index (χ1) is 10.9. The van der Waals surface area contributed by atoms with Crippen LogP contribution in [-0.4, -0.2) is 42.8 Å². The van der Waals surface area contributed by atoms with E-state index in [9.17, 15) is 14.7 Å². The van der Waals surface area contributed by atoms with Crippen molar-refractivity contribution in [1.82, 2.24) is 19.1 Å². The number of rotatable bonds is 3. The summed E-state index contributed by atoms with van der Waals surface area (Å²) in [6.45, 7) is 3.39. The third-order valence-electron chi connectivity index (χ3n) is 3.94. The van der Waals surface area contributed by atoms with Crippen LogP contribution in [0, 0.1) is 5.92 Å². The average molecular weight is 321 g/mol. The summed E-state index contributed by atoms with van der Waals surface area (Å²) in [7, 11) is 0. The van der Waals surface area contributed by atoms with E-state index in [0.717, 1.165) is 0 Å². The fourth-order valence-corrected chi connectivity index (χ4v) is 2.75. The van der Waals surface area contributed by atoms with Crippen molar-refractivity contribution >= 4 is 23.0 Å². The molecule has 3 heterocycles. The van der Waals surface area contributed by atoms with Crippen molar-refractivity contribution in [2.24, 2.45) is 5.92 Å². The van der Waals surface area contributed by atoms with Gasteiger partial charge < -0.3 is 15.6 Å². The molecule has 0 radical (unpaired) electrons. The first-order valence-electron chi connectivity index (χ1n) is 7.49. The number of aliphatic hydroxyl groups excluding tert-OH is 1. The Morgan fingerprint density at radius 1 is 1.52 bits per heavy atom. The summed E-state index contributed by atoms with van der Waals surface area (Å²) in [5.41, 5.74) is 5.59. The standard InChI is InChI=1S/C14H19N5O4/c1-7(2)13(22)19-12-10(11(21)17-14(19)15)16-6-18(12)9-4-3-8(5-20)23-9/h6-9,20H,3-5H2,1-2H3,(H2,15,17,21)/t8-,9+/m0/s1. The molecule has 0 aromatic carbocycles. The molecule has 2 aromatic rings. The molecule has 1 aliphatic rings. The van der Waals surface area contributed by atoms with Crippen molar-refractivity contribution < 1.29 is 14.6 Å². The number of imidazole rings is 1. The average Bonchev–Trinajstić information content (AvgIpc) is 3.12. The van der Waals surface area contributed by atoms with Gasteiger partial charge in [-0.2, -0.15) is 4.98 Å². The monoisotopic (exact) mass is 321 g/mol. The van der Waals surface area contributed by atoms with Crippen molar-refractivity contribution in [3.8, 4) is 0 Å². The largest absolute Gasteiger partial charge is 0.394 e. The number of nitrogens with two attached hydrogens (primary N) is 1. The molecule has 0 bridgehead atoms. The zero-order valence-electron chi connectivity index (χ0n) is 13.0. The first-order valence-corrected chi connectivity index (χ1v) is 7.49. The summed E-state index contributed by atoms with van der Waals surface area (Å²) in [5.74, 6) is -0.777. The molecule has 1 saturated heterocycles. The van der Waals surface area contributed by atoms with Gasteiger partial charge in [-0.05, 0) is 12.8 Å². The molecule has 9 heteroatoms. The molecular weight excluding hydrogens is 302 g/mol. The number of nitrogens with zero attached hydrogens (tertiary/aromatic N) is 4. The summed E-state index contributed by atoms with van der Waals surface area (Å²) >= 11 is 0. The molecule has 0 spiro atoms. The van der Waals surface area contributed by atoms with Gasteiger partial charge in [0.1, 0.15) is 6.23 Å². The highest BCUT2D eigenvalue weighted by atomic mass is 16.5. The number of hydrogen-bond acceptors (Lipinski definition) is 7. The molecule has 0 amide bonds. The summed E-state index contributed by atoms with van der Waals surface area (Å²) in [4.78, 5) is 32.3. The zero-order chi connectivity index (χ0) is 16.7. The summed E-state index contributed by atoms with van der Waals surface area (Å²) in [5, 5.41) is 9.21. The minimum Gasteiger partial charge on any atom is -0.394 e. The lowest BCUT2D eigenvalue weighted by atomic mass is 10.2. The minimum atomic E-state index is -0.583. The predicted octanol–water partition coefficient (Wildman–Crippen LogP) is 0.141. The van der Waals surface area contributed by atoms with E-state index in [4.69, 9.17) is 10.5 Å². The Morgan fingerprint density at radius 2 is 2.26 bits per heavy atom. The number of aromatic nitrogens is 4. The highest BCUT2D eigenvalue weighted by molar-refractivity contribution is 5.91. The van der Waals surface area contributed by atoms with Crippen molar-refractivity contribution in [1.29, 1.82) is 0 Å². The molecule has 2 aromatic heterocycles. The normalized spacial score (nSPS) is 21.4. The number of carbonyl (C=O) groups excluding carboxylic acids is 1. The van der Waals surface area contributed by atoms with Gasteiger partial charge in [0, 0.05) is 5.92 Å². The fraction of sp³-hybridized carbons (Fsp3) is 0.571. The number of ether oxygens (including phenoxy) is 1. The Bertz CT molecular complexity index is 809. The van der Waals surface area contributed by atoms with Crippen LogP contribution in [0.1, 0.15) is 37.7 Å². The van der Waals surface area contributed by atoms with Crippen molar-refractivity contribution in [2.75, 3.05) is 12.3 Å². The van der Waals surface area contributed by atoms with Gasteiger partial charge in [0.25, 0.3) is 0 Å². The van der Waals surface area contributed by atoms with Crippen molar-refractivity contribution in [3.05, 3.63) is 16.7 Å². The molecule has 2 atom stereocenters. The Morgan fingerprint density at radius 3 is 2.87 bits per heavy atom. The molecule has 1 fully saturated rings. The Balaban J connectivity index is 2.21. The first kappa shape index (κ1) is 15.6. The van der Waals surface area contributed by atoms with Gasteiger partial charge >= 0.3 is 5.56 Å². The van der Waals surface area contributed by atoms with E-state index in [0.29, 0.717) is 12.8 Å². The minimum absolute atomic E-state index is 0.0734. The van der Waals surface area contributed by atoms with E-state index >= 15 is 0 Å². The molecule has 23 heavy (non-hydrogen) atoms. The maximum absolute atomic E-state index is 12.5. The Labute approximate surface area is 131 Å². The topological polar surface area (TPSA) is 125 Å². The van der Waals surface area contributed by atoms with Crippen LogP contribution in [-0.2, 0) is 4.74 Å². The molecule has 0 saturated carbocycles. The molecule has 0 unspecified atom stereocenters. The molecule has 3 rings (SSSR count). The maximum atomic E-state index is 12.5. The lowest BCUT2D eigenvalue weighted by Gasteiger charge is -2.18. The van der Waals surface area contributed by atoms with Crippen LogP contribution in [0.4, 0.5) is 5.95 Å². The van der Waals surface area contributed by atoms with Crippen LogP contribution < -0.4 is 11.3 Å². The number of nitrogen functional groups attached to an aromatic ring is 1. The third kappa shape index (κ3) is 2.51. The number of anilines is 1. The summed E-state index contributed by atoms with van der Waals surface area (Å²) < 4.78 is 8.55. The molecule has 9 nitrogen and oxygen atoms in total. The SMILES string of the molecule is CC(C)C(=O)n1c(N)nc(=O)c2ncn([C@H]3CC[C@@H](CO)O3)c21. The van der Waals surface area contributed by atoms with Gasteiger partial charge in [0.15, 0.2) is 11.2 Å². The number of hydrogen-bond donors (Lipinski definition) is 2. The van der Waals surface area contributed by atoms with Gasteiger partial charge in [-0.15, -0.1) is 0 Å². The highest BCUT2D eigenvalue weighted by Gasteiger charge is 2.30. The fourth-order valence-electron chi connectivity index (χ4n) is 2.75. The maximum Gasteiger partial charge on any atom is 0.302 e. The van der Waals surface area contributed by atoms with E-state index < -0.39 is 11.8 Å². The number of fused-ring (bicyclic) bond motifs is 1. The second-order valence-corrected chi connectivity index (χ2v) is 5.90. The Hall–Kier alpha value is -2.26. The molecule has 124 valence electrons. The van der Waals surface area contributed by atoms with Crippen LogP contribution in [0.15, 0.2) is 11.1 Å². The van der Waals surface area contributed by atoms with Gasteiger partial charge in [-0.3, -0.25) is 14.2 Å². The quantitative estimate of drug-likeness (QED) is 0.823. The second-order valence-electron chi connectivity index (χ2n) is 5.90. The van der Waals surface area contributed by atoms with Crippen LogP contribution in [0.25, 0.3) is 11.2 Å². The molecule has 0 aliphatic carbocycles. The lowest BCUT2D eigenvalue weighted by molar-refractivity contribution is -0.0208. The van der Waals surface area contributed by atoms with E-state index in [-0.39, 0.29) is 41.6 Å². The number of aliphatic hydroxyl groups is 1.